The summed E-state index contributed by atoms with van der Waals surface area (Å²) in [4.78, 5) is 0. The lowest BCUT2D eigenvalue weighted by molar-refractivity contribution is 0.0772. The molecule has 214 valence electrons. The SMILES string of the molecule is CC(C)(C)[Si](O[C@H]1CNC[C@@H]1O[Si](c1ccccc1)(c1ccccc1)C(C)(C)C)(c1ccccc1)c1ccccc1. The molecule has 1 fully saturated rings. The van der Waals surface area contributed by atoms with E-state index < -0.39 is 16.6 Å². The van der Waals surface area contributed by atoms with Crippen LogP contribution in [0.2, 0.25) is 10.1 Å². The molecule has 0 amide bonds. The van der Waals surface area contributed by atoms with Gasteiger partial charge in [0.1, 0.15) is 0 Å². The van der Waals surface area contributed by atoms with Crippen molar-refractivity contribution in [1.29, 1.82) is 0 Å². The second-order valence-electron chi connectivity index (χ2n) is 13.3. The lowest BCUT2D eigenvalue weighted by atomic mass is 10.2. The minimum absolute atomic E-state index is 0.0806. The zero-order chi connectivity index (χ0) is 29.1. The third kappa shape index (κ3) is 5.54. The smallest absolute Gasteiger partial charge is 0.261 e. The van der Waals surface area contributed by atoms with Crippen LogP contribution in [-0.2, 0) is 8.85 Å². The maximum atomic E-state index is 7.65. The van der Waals surface area contributed by atoms with E-state index in [0.717, 1.165) is 13.1 Å². The van der Waals surface area contributed by atoms with Crippen LogP contribution < -0.4 is 26.1 Å². The Morgan fingerprint density at radius 2 is 0.707 bits per heavy atom. The Balaban J connectivity index is 1.63. The summed E-state index contributed by atoms with van der Waals surface area (Å²) >= 11 is 0. The molecular formula is C36H45NO2Si2. The van der Waals surface area contributed by atoms with Crippen molar-refractivity contribution in [3.05, 3.63) is 121 Å². The van der Waals surface area contributed by atoms with Gasteiger partial charge in [0.05, 0.1) is 12.2 Å². The van der Waals surface area contributed by atoms with Crippen molar-refractivity contribution in [2.45, 2.75) is 63.8 Å². The predicted molar refractivity (Wildman–Crippen MR) is 178 cm³/mol. The third-order valence-corrected chi connectivity index (χ3v) is 18.7. The first-order chi connectivity index (χ1) is 19.6. The number of nitrogens with one attached hydrogen (secondary N) is 1. The van der Waals surface area contributed by atoms with Gasteiger partial charge in [-0.15, -0.1) is 0 Å². The van der Waals surface area contributed by atoms with Crippen LogP contribution in [0, 0.1) is 0 Å². The van der Waals surface area contributed by atoms with Crippen LogP contribution in [0.4, 0.5) is 0 Å². The second kappa shape index (κ2) is 11.8. The standard InChI is InChI=1S/C36H45NO2Si2/c1-35(2,3)40(29-19-11-7-12-20-29,30-21-13-8-14-22-30)38-33-27-37-28-34(33)39-41(36(4,5)6,31-23-15-9-16-24-31)32-25-17-10-18-26-32/h7-26,33-34,37H,27-28H2,1-6H3/t33-,34-/m0/s1. The first kappa shape index (κ1) is 29.7. The summed E-state index contributed by atoms with van der Waals surface area (Å²) in [6.07, 6.45) is -0.161. The Labute approximate surface area is 249 Å². The van der Waals surface area contributed by atoms with Crippen LogP contribution >= 0.6 is 0 Å². The average molecular weight is 580 g/mol. The highest BCUT2D eigenvalue weighted by atomic mass is 28.4. The molecule has 3 nitrogen and oxygen atoms in total. The molecule has 4 aromatic carbocycles. The molecule has 41 heavy (non-hydrogen) atoms. The molecule has 1 N–H and O–H groups in total. The average Bonchev–Trinajstić information content (AvgIpc) is 3.41. The highest BCUT2D eigenvalue weighted by Crippen LogP contribution is 2.41. The molecular weight excluding hydrogens is 535 g/mol. The molecule has 5 heteroatoms. The van der Waals surface area contributed by atoms with Gasteiger partial charge in [-0.25, -0.2) is 0 Å². The highest BCUT2D eigenvalue weighted by molar-refractivity contribution is 7.00. The fourth-order valence-electron chi connectivity index (χ4n) is 6.70. The van der Waals surface area contributed by atoms with E-state index in [9.17, 15) is 0 Å². The lowest BCUT2D eigenvalue weighted by Gasteiger charge is -2.48. The molecule has 2 atom stereocenters. The largest absolute Gasteiger partial charge is 0.401 e. The van der Waals surface area contributed by atoms with Gasteiger partial charge in [-0.05, 0) is 30.8 Å². The fraction of sp³-hybridized carbons (Fsp3) is 0.333. The summed E-state index contributed by atoms with van der Waals surface area (Å²) in [5.74, 6) is 0. The van der Waals surface area contributed by atoms with Crippen molar-refractivity contribution in [3.8, 4) is 0 Å². The fourth-order valence-corrected chi connectivity index (χ4v) is 16.1. The summed E-state index contributed by atoms with van der Waals surface area (Å²) in [6, 6.07) is 43.8. The molecule has 0 saturated carbocycles. The van der Waals surface area contributed by atoms with Crippen molar-refractivity contribution in [2.75, 3.05) is 13.1 Å². The normalized spacial score (nSPS) is 18.4. The van der Waals surface area contributed by atoms with E-state index >= 15 is 0 Å². The van der Waals surface area contributed by atoms with E-state index in [-0.39, 0.29) is 22.3 Å². The first-order valence-corrected chi connectivity index (χ1v) is 18.7. The van der Waals surface area contributed by atoms with Crippen LogP contribution in [-0.4, -0.2) is 41.9 Å². The van der Waals surface area contributed by atoms with E-state index in [2.05, 4.69) is 168 Å². The van der Waals surface area contributed by atoms with E-state index in [1.165, 1.54) is 20.7 Å². The minimum atomic E-state index is -2.74. The Kier molecular flexibility index (Phi) is 8.56. The number of hydrogen-bond acceptors (Lipinski definition) is 3. The number of rotatable bonds is 8. The third-order valence-electron chi connectivity index (χ3n) is 8.60. The Bertz CT molecular complexity index is 1200. The molecule has 0 aromatic heterocycles. The topological polar surface area (TPSA) is 30.5 Å². The summed E-state index contributed by atoms with van der Waals surface area (Å²) in [6.45, 7) is 15.6. The Morgan fingerprint density at radius 1 is 0.463 bits per heavy atom. The monoisotopic (exact) mass is 579 g/mol. The molecule has 0 aliphatic carbocycles. The summed E-state index contributed by atoms with van der Waals surface area (Å²) in [7, 11) is -5.48. The van der Waals surface area contributed by atoms with Gasteiger partial charge in [-0.2, -0.15) is 0 Å². The first-order valence-electron chi connectivity index (χ1n) is 14.9. The summed E-state index contributed by atoms with van der Waals surface area (Å²) < 4.78 is 15.3. The zero-order valence-corrected chi connectivity index (χ0v) is 27.4. The van der Waals surface area contributed by atoms with Crippen molar-refractivity contribution >= 4 is 37.4 Å². The maximum Gasteiger partial charge on any atom is 0.261 e. The number of hydrogen-bond donors (Lipinski definition) is 1. The van der Waals surface area contributed by atoms with Crippen LogP contribution in [0.25, 0.3) is 0 Å². The molecule has 1 aliphatic rings. The number of benzene rings is 4. The van der Waals surface area contributed by atoms with Gasteiger partial charge in [0, 0.05) is 13.1 Å². The van der Waals surface area contributed by atoms with Crippen molar-refractivity contribution < 1.29 is 8.85 Å². The minimum Gasteiger partial charge on any atom is -0.401 e. The van der Waals surface area contributed by atoms with Crippen molar-refractivity contribution in [3.63, 3.8) is 0 Å². The molecule has 1 saturated heterocycles. The van der Waals surface area contributed by atoms with E-state index in [1.807, 2.05) is 0 Å². The summed E-state index contributed by atoms with van der Waals surface area (Å²) in [5.41, 5.74) is 0. The zero-order valence-electron chi connectivity index (χ0n) is 25.4. The molecule has 4 aromatic rings. The van der Waals surface area contributed by atoms with Crippen molar-refractivity contribution in [1.82, 2.24) is 5.32 Å². The van der Waals surface area contributed by atoms with Gasteiger partial charge in [0.2, 0.25) is 0 Å². The van der Waals surface area contributed by atoms with Gasteiger partial charge < -0.3 is 14.2 Å². The lowest BCUT2D eigenvalue weighted by Crippen LogP contribution is -2.71. The molecule has 1 heterocycles. The van der Waals surface area contributed by atoms with Crippen LogP contribution in [0.15, 0.2) is 121 Å². The molecule has 1 aliphatic heterocycles. The Hall–Kier alpha value is -2.81. The van der Waals surface area contributed by atoms with Crippen LogP contribution in [0.3, 0.4) is 0 Å². The maximum absolute atomic E-state index is 7.65. The van der Waals surface area contributed by atoms with Gasteiger partial charge >= 0.3 is 0 Å². The van der Waals surface area contributed by atoms with Crippen LogP contribution in [0.5, 0.6) is 0 Å². The van der Waals surface area contributed by atoms with Gasteiger partial charge in [-0.3, -0.25) is 0 Å². The molecule has 0 unspecified atom stereocenters. The molecule has 0 spiro atoms. The Morgan fingerprint density at radius 3 is 0.927 bits per heavy atom. The second-order valence-corrected chi connectivity index (χ2v) is 21.8. The van der Waals surface area contributed by atoms with E-state index in [0.29, 0.717) is 0 Å². The van der Waals surface area contributed by atoms with E-state index in [4.69, 9.17) is 8.85 Å². The molecule has 0 bridgehead atoms. The quantitative estimate of drug-likeness (QED) is 0.281. The molecule has 0 radical (unpaired) electrons. The van der Waals surface area contributed by atoms with Crippen LogP contribution in [0.1, 0.15) is 41.5 Å². The molecule has 5 rings (SSSR count). The van der Waals surface area contributed by atoms with Gasteiger partial charge in [-0.1, -0.05) is 163 Å². The van der Waals surface area contributed by atoms with Gasteiger partial charge in [0.25, 0.3) is 16.6 Å². The summed E-state index contributed by atoms with van der Waals surface area (Å²) in [5, 5.41) is 8.68. The predicted octanol–water partition coefficient (Wildman–Crippen LogP) is 5.48. The highest BCUT2D eigenvalue weighted by Gasteiger charge is 2.56. The van der Waals surface area contributed by atoms with Crippen molar-refractivity contribution in [2.24, 2.45) is 0 Å². The van der Waals surface area contributed by atoms with Gasteiger partial charge in [0.15, 0.2) is 0 Å². The van der Waals surface area contributed by atoms with E-state index in [1.54, 1.807) is 0 Å².